The van der Waals surface area contributed by atoms with Crippen LogP contribution >= 0.6 is 0 Å². The van der Waals surface area contributed by atoms with Gasteiger partial charge in [-0.25, -0.2) is 0 Å². The van der Waals surface area contributed by atoms with E-state index in [0.29, 0.717) is 0 Å². The maximum atomic E-state index is 10.7. The highest BCUT2D eigenvalue weighted by Gasteiger charge is 2.15. The molecule has 4 nitrogen and oxygen atoms in total. The average Bonchev–Trinajstić information content (AvgIpc) is 2.28. The van der Waals surface area contributed by atoms with E-state index in [1.165, 1.54) is 0 Å². The summed E-state index contributed by atoms with van der Waals surface area (Å²) in [5.41, 5.74) is 0. The van der Waals surface area contributed by atoms with Crippen molar-refractivity contribution in [3.8, 4) is 0 Å². The van der Waals surface area contributed by atoms with Crippen molar-refractivity contribution in [3.63, 3.8) is 0 Å². The zero-order valence-corrected chi connectivity index (χ0v) is 11.8. The predicted octanol–water partition coefficient (Wildman–Crippen LogP) is 1.90. The van der Waals surface area contributed by atoms with Crippen LogP contribution in [0.1, 0.15) is 40.5 Å². The fourth-order valence-corrected chi connectivity index (χ4v) is 2.11. The number of hydrogen-bond acceptors (Lipinski definition) is 3. The summed E-state index contributed by atoms with van der Waals surface area (Å²) in [5.74, 6) is -0.709. The fraction of sp³-hybridized carbons (Fsp3) is 0.923. The first kappa shape index (κ1) is 16.4. The highest BCUT2D eigenvalue weighted by Crippen LogP contribution is 2.05. The van der Waals surface area contributed by atoms with Crippen LogP contribution in [0.3, 0.4) is 0 Å². The minimum absolute atomic E-state index is 0.134. The van der Waals surface area contributed by atoms with Crippen molar-refractivity contribution in [1.29, 1.82) is 0 Å². The van der Waals surface area contributed by atoms with Gasteiger partial charge in [0.1, 0.15) is 0 Å². The van der Waals surface area contributed by atoms with Gasteiger partial charge in [0.25, 0.3) is 0 Å². The Morgan fingerprint density at radius 1 is 1.12 bits per heavy atom. The molecule has 0 rings (SSSR count). The van der Waals surface area contributed by atoms with Gasteiger partial charge in [-0.3, -0.25) is 4.79 Å². The van der Waals surface area contributed by atoms with Gasteiger partial charge < -0.3 is 14.9 Å². The van der Waals surface area contributed by atoms with E-state index in [4.69, 9.17) is 5.11 Å². The van der Waals surface area contributed by atoms with E-state index in [-0.39, 0.29) is 12.5 Å². The Labute approximate surface area is 106 Å². The molecular weight excluding hydrogens is 216 g/mol. The molecule has 1 N–H and O–H groups in total. The van der Waals surface area contributed by atoms with Crippen molar-refractivity contribution in [2.24, 2.45) is 0 Å². The molecule has 0 aliphatic carbocycles. The molecule has 0 heterocycles. The zero-order valence-electron chi connectivity index (χ0n) is 11.8. The Morgan fingerprint density at radius 3 is 2.12 bits per heavy atom. The Bertz CT molecular complexity index is 206. The average molecular weight is 244 g/mol. The first-order chi connectivity index (χ1) is 8.04. The van der Waals surface area contributed by atoms with Gasteiger partial charge in [-0.15, -0.1) is 0 Å². The van der Waals surface area contributed by atoms with Gasteiger partial charge in [-0.1, -0.05) is 20.8 Å². The van der Waals surface area contributed by atoms with Gasteiger partial charge in [0.15, 0.2) is 0 Å². The first-order valence-corrected chi connectivity index (χ1v) is 6.73. The summed E-state index contributed by atoms with van der Waals surface area (Å²) in [7, 11) is 0. The molecule has 1 atom stereocenters. The second-order valence-corrected chi connectivity index (χ2v) is 4.46. The molecule has 0 aromatic rings. The first-order valence-electron chi connectivity index (χ1n) is 6.73. The summed E-state index contributed by atoms with van der Waals surface area (Å²) in [6, 6.07) is 0.134. The largest absolute Gasteiger partial charge is 0.481 e. The highest BCUT2D eigenvalue weighted by molar-refractivity contribution is 5.67. The highest BCUT2D eigenvalue weighted by atomic mass is 16.4. The summed E-state index contributed by atoms with van der Waals surface area (Å²) in [6.07, 6.45) is 1.35. The van der Waals surface area contributed by atoms with E-state index < -0.39 is 5.97 Å². The van der Waals surface area contributed by atoms with Crippen LogP contribution in [-0.2, 0) is 4.79 Å². The summed E-state index contributed by atoms with van der Waals surface area (Å²) < 4.78 is 0. The Balaban J connectivity index is 3.92. The molecule has 0 radical (unpaired) electrons. The molecule has 0 aromatic heterocycles. The maximum Gasteiger partial charge on any atom is 0.304 e. The molecule has 4 heteroatoms. The third kappa shape index (κ3) is 7.34. The minimum atomic E-state index is -0.709. The van der Waals surface area contributed by atoms with Gasteiger partial charge in [-0.05, 0) is 46.1 Å². The molecule has 0 aliphatic rings. The second kappa shape index (κ2) is 9.42. The molecule has 0 bridgehead atoms. The van der Waals surface area contributed by atoms with Crippen molar-refractivity contribution in [1.82, 2.24) is 9.80 Å². The number of carboxylic acids is 1. The Kier molecular flexibility index (Phi) is 9.09. The zero-order chi connectivity index (χ0) is 13.3. The minimum Gasteiger partial charge on any atom is -0.481 e. The Morgan fingerprint density at radius 2 is 1.71 bits per heavy atom. The van der Waals surface area contributed by atoms with Crippen LogP contribution in [-0.4, -0.2) is 59.6 Å². The molecule has 0 aromatic carbocycles. The molecule has 0 saturated heterocycles. The SMILES string of the molecule is CCN(CC)CCCN(CC)C(C)CC(=O)O. The van der Waals surface area contributed by atoms with Crippen molar-refractivity contribution < 1.29 is 9.90 Å². The molecule has 0 aliphatic heterocycles. The number of hydrogen-bond donors (Lipinski definition) is 1. The number of nitrogens with zero attached hydrogens (tertiary/aromatic N) is 2. The number of carboxylic acid groups (broad SMARTS) is 1. The summed E-state index contributed by atoms with van der Waals surface area (Å²) in [5, 5.41) is 8.78. The van der Waals surface area contributed by atoms with Crippen LogP contribution in [0, 0.1) is 0 Å². The summed E-state index contributed by atoms with van der Waals surface area (Å²) >= 11 is 0. The van der Waals surface area contributed by atoms with E-state index in [0.717, 1.165) is 39.1 Å². The lowest BCUT2D eigenvalue weighted by molar-refractivity contribution is -0.138. The topological polar surface area (TPSA) is 43.8 Å². The molecule has 0 amide bonds. The van der Waals surface area contributed by atoms with Crippen LogP contribution in [0.2, 0.25) is 0 Å². The van der Waals surface area contributed by atoms with Gasteiger partial charge in [0.05, 0.1) is 6.42 Å². The van der Waals surface area contributed by atoms with Gasteiger partial charge in [0, 0.05) is 6.04 Å². The number of aliphatic carboxylic acids is 1. The second-order valence-electron chi connectivity index (χ2n) is 4.46. The predicted molar refractivity (Wildman–Crippen MR) is 71.4 cm³/mol. The third-order valence-electron chi connectivity index (χ3n) is 3.31. The van der Waals surface area contributed by atoms with E-state index in [2.05, 4.69) is 30.6 Å². The molecule has 0 saturated carbocycles. The molecule has 17 heavy (non-hydrogen) atoms. The number of carbonyl (C=O) groups is 1. The van der Waals surface area contributed by atoms with Crippen molar-refractivity contribution >= 4 is 5.97 Å². The normalized spacial score (nSPS) is 13.3. The molecule has 1 unspecified atom stereocenters. The van der Waals surface area contributed by atoms with E-state index in [9.17, 15) is 4.79 Å². The fourth-order valence-electron chi connectivity index (χ4n) is 2.11. The van der Waals surface area contributed by atoms with E-state index in [1.807, 2.05) is 6.92 Å². The Hall–Kier alpha value is -0.610. The van der Waals surface area contributed by atoms with Crippen LogP contribution in [0.25, 0.3) is 0 Å². The molecule has 102 valence electrons. The lowest BCUT2D eigenvalue weighted by Gasteiger charge is -2.28. The van der Waals surface area contributed by atoms with Crippen molar-refractivity contribution in [3.05, 3.63) is 0 Å². The summed E-state index contributed by atoms with van der Waals surface area (Å²) in [6.45, 7) is 13.6. The van der Waals surface area contributed by atoms with Crippen molar-refractivity contribution in [2.45, 2.75) is 46.6 Å². The molecule has 0 spiro atoms. The van der Waals surface area contributed by atoms with Crippen LogP contribution in [0.5, 0.6) is 0 Å². The van der Waals surface area contributed by atoms with Gasteiger partial charge >= 0.3 is 5.97 Å². The third-order valence-corrected chi connectivity index (χ3v) is 3.31. The maximum absolute atomic E-state index is 10.7. The standard InChI is InChI=1S/C13H28N2O2/c1-5-14(6-2)9-8-10-15(7-3)12(4)11-13(16)17/h12H,5-11H2,1-4H3,(H,16,17). The molecule has 0 fully saturated rings. The lowest BCUT2D eigenvalue weighted by Crippen LogP contribution is -2.37. The van der Waals surface area contributed by atoms with E-state index >= 15 is 0 Å². The summed E-state index contributed by atoms with van der Waals surface area (Å²) in [4.78, 5) is 15.3. The van der Waals surface area contributed by atoms with Crippen molar-refractivity contribution in [2.75, 3.05) is 32.7 Å². The van der Waals surface area contributed by atoms with Gasteiger partial charge in [0.2, 0.25) is 0 Å². The van der Waals surface area contributed by atoms with Crippen LogP contribution in [0.4, 0.5) is 0 Å². The quantitative estimate of drug-likeness (QED) is 0.637. The molecular formula is C13H28N2O2. The smallest absolute Gasteiger partial charge is 0.304 e. The van der Waals surface area contributed by atoms with Gasteiger partial charge in [-0.2, -0.15) is 0 Å². The van der Waals surface area contributed by atoms with E-state index in [1.54, 1.807) is 0 Å². The number of rotatable bonds is 10. The van der Waals surface area contributed by atoms with Crippen LogP contribution < -0.4 is 0 Å². The lowest BCUT2D eigenvalue weighted by atomic mass is 10.2. The monoisotopic (exact) mass is 244 g/mol. The van der Waals surface area contributed by atoms with Crippen LogP contribution in [0.15, 0.2) is 0 Å².